The van der Waals surface area contributed by atoms with Crippen molar-refractivity contribution in [2.24, 2.45) is 5.73 Å². The number of ether oxygens (including phenoxy) is 1. The van der Waals surface area contributed by atoms with Crippen molar-refractivity contribution in [1.82, 2.24) is 9.78 Å². The Morgan fingerprint density at radius 3 is 2.52 bits per heavy atom. The van der Waals surface area contributed by atoms with Crippen molar-refractivity contribution >= 4 is 0 Å². The minimum atomic E-state index is -0.996. The molecule has 1 atom stereocenters. The molecule has 0 aliphatic rings. The molecule has 0 saturated heterocycles. The van der Waals surface area contributed by atoms with Gasteiger partial charge in [0.1, 0.15) is 17.3 Å². The minimum absolute atomic E-state index is 0.00844. The van der Waals surface area contributed by atoms with Crippen molar-refractivity contribution in [3.63, 3.8) is 0 Å². The van der Waals surface area contributed by atoms with Crippen LogP contribution in [0.25, 0.3) is 0 Å². The van der Waals surface area contributed by atoms with Gasteiger partial charge in [0.05, 0.1) is 19.3 Å². The zero-order valence-corrected chi connectivity index (χ0v) is 12.5. The molecular weight excluding hydrogens is 276 g/mol. The standard InChI is InChI=1S/C15H19F2N3O/c1-8(2)20-15(11(21-4)7-19-20)14(18)12-10(16)6-5-9(3)13(12)17/h5-8,14H,18H2,1-4H3. The van der Waals surface area contributed by atoms with Crippen LogP contribution in [0.4, 0.5) is 8.78 Å². The van der Waals surface area contributed by atoms with Crippen LogP contribution in [-0.4, -0.2) is 16.9 Å². The van der Waals surface area contributed by atoms with E-state index in [4.69, 9.17) is 10.5 Å². The van der Waals surface area contributed by atoms with E-state index in [1.54, 1.807) is 11.6 Å². The van der Waals surface area contributed by atoms with Gasteiger partial charge in [-0.25, -0.2) is 8.78 Å². The average molecular weight is 295 g/mol. The second-order valence-electron chi connectivity index (χ2n) is 5.21. The quantitative estimate of drug-likeness (QED) is 0.943. The van der Waals surface area contributed by atoms with Crippen LogP contribution in [0.5, 0.6) is 5.75 Å². The molecule has 114 valence electrons. The number of aryl methyl sites for hydroxylation is 1. The maximum Gasteiger partial charge on any atom is 0.161 e. The summed E-state index contributed by atoms with van der Waals surface area (Å²) in [4.78, 5) is 0. The van der Waals surface area contributed by atoms with Gasteiger partial charge in [-0.1, -0.05) is 6.07 Å². The molecule has 0 fully saturated rings. The van der Waals surface area contributed by atoms with Crippen LogP contribution in [0, 0.1) is 18.6 Å². The van der Waals surface area contributed by atoms with Crippen LogP contribution in [0.2, 0.25) is 0 Å². The summed E-state index contributed by atoms with van der Waals surface area (Å²) in [6.07, 6.45) is 1.50. The van der Waals surface area contributed by atoms with E-state index in [0.717, 1.165) is 0 Å². The molecule has 1 aromatic heterocycles. The number of nitrogens with two attached hydrogens (primary N) is 1. The summed E-state index contributed by atoms with van der Waals surface area (Å²) >= 11 is 0. The van der Waals surface area contributed by atoms with Gasteiger partial charge in [-0.15, -0.1) is 0 Å². The first-order valence-corrected chi connectivity index (χ1v) is 6.70. The molecule has 21 heavy (non-hydrogen) atoms. The number of nitrogens with zero attached hydrogens (tertiary/aromatic N) is 2. The number of methoxy groups -OCH3 is 1. The first-order valence-electron chi connectivity index (χ1n) is 6.70. The molecule has 1 heterocycles. The topological polar surface area (TPSA) is 53.1 Å². The molecule has 0 aliphatic carbocycles. The van der Waals surface area contributed by atoms with Gasteiger partial charge in [-0.2, -0.15) is 5.10 Å². The fourth-order valence-electron chi connectivity index (χ4n) is 2.32. The lowest BCUT2D eigenvalue weighted by Crippen LogP contribution is -2.22. The SMILES string of the molecule is COc1cnn(C(C)C)c1C(N)c1c(F)ccc(C)c1F. The molecule has 4 nitrogen and oxygen atoms in total. The molecule has 0 amide bonds. The number of hydrogen-bond acceptors (Lipinski definition) is 3. The van der Waals surface area contributed by atoms with E-state index in [-0.39, 0.29) is 11.6 Å². The van der Waals surface area contributed by atoms with Crippen LogP contribution < -0.4 is 10.5 Å². The molecule has 6 heteroatoms. The normalized spacial score (nSPS) is 12.8. The zero-order valence-electron chi connectivity index (χ0n) is 12.5. The molecule has 1 aromatic carbocycles. The Bertz CT molecular complexity index is 653. The molecule has 2 N–H and O–H groups in total. The van der Waals surface area contributed by atoms with Crippen LogP contribution in [0.1, 0.15) is 42.8 Å². The Hall–Kier alpha value is -1.95. The van der Waals surface area contributed by atoms with E-state index >= 15 is 0 Å². The fourth-order valence-corrected chi connectivity index (χ4v) is 2.32. The third-order valence-corrected chi connectivity index (χ3v) is 3.43. The predicted octanol–water partition coefficient (Wildman–Crippen LogP) is 3.11. The molecule has 0 bridgehead atoms. The summed E-state index contributed by atoms with van der Waals surface area (Å²) in [5, 5.41) is 4.18. The van der Waals surface area contributed by atoms with Gasteiger partial charge >= 0.3 is 0 Å². The second kappa shape index (κ2) is 5.81. The number of benzene rings is 1. The van der Waals surface area contributed by atoms with Crippen molar-refractivity contribution in [2.45, 2.75) is 32.9 Å². The number of aromatic nitrogens is 2. The number of halogens is 2. The van der Waals surface area contributed by atoms with Crippen LogP contribution in [0.15, 0.2) is 18.3 Å². The first-order chi connectivity index (χ1) is 9.88. The zero-order chi connectivity index (χ0) is 15.7. The summed E-state index contributed by atoms with van der Waals surface area (Å²) in [6, 6.07) is 1.60. The van der Waals surface area contributed by atoms with Crippen molar-refractivity contribution in [3.8, 4) is 5.75 Å². The van der Waals surface area contributed by atoms with Crippen molar-refractivity contribution in [2.75, 3.05) is 7.11 Å². The predicted molar refractivity (Wildman–Crippen MR) is 76.3 cm³/mol. The van der Waals surface area contributed by atoms with Gasteiger partial charge in [-0.05, 0) is 32.4 Å². The minimum Gasteiger partial charge on any atom is -0.493 e. The monoisotopic (exact) mass is 295 g/mol. The largest absolute Gasteiger partial charge is 0.493 e. The Morgan fingerprint density at radius 2 is 1.95 bits per heavy atom. The molecule has 2 aromatic rings. The third kappa shape index (κ3) is 2.63. The summed E-state index contributed by atoms with van der Waals surface area (Å²) in [5.74, 6) is -0.901. The summed E-state index contributed by atoms with van der Waals surface area (Å²) in [6.45, 7) is 5.39. The molecule has 0 radical (unpaired) electrons. The average Bonchev–Trinajstić information content (AvgIpc) is 2.87. The third-order valence-electron chi connectivity index (χ3n) is 3.43. The maximum absolute atomic E-state index is 14.3. The van der Waals surface area contributed by atoms with Crippen molar-refractivity contribution < 1.29 is 13.5 Å². The van der Waals surface area contributed by atoms with Gasteiger partial charge in [-0.3, -0.25) is 4.68 Å². The smallest absolute Gasteiger partial charge is 0.161 e. The first kappa shape index (κ1) is 15.4. The molecule has 0 spiro atoms. The lowest BCUT2D eigenvalue weighted by molar-refractivity contribution is 0.398. The highest BCUT2D eigenvalue weighted by atomic mass is 19.1. The van der Waals surface area contributed by atoms with E-state index in [1.807, 2.05) is 13.8 Å². The summed E-state index contributed by atoms with van der Waals surface area (Å²) in [5.41, 5.74) is 6.75. The van der Waals surface area contributed by atoms with Crippen LogP contribution in [0.3, 0.4) is 0 Å². The highest BCUT2D eigenvalue weighted by molar-refractivity contribution is 5.39. The lowest BCUT2D eigenvalue weighted by atomic mass is 10.00. The van der Waals surface area contributed by atoms with Gasteiger partial charge in [0.2, 0.25) is 0 Å². The molecule has 2 rings (SSSR count). The van der Waals surface area contributed by atoms with Crippen molar-refractivity contribution in [1.29, 1.82) is 0 Å². The fraction of sp³-hybridized carbons (Fsp3) is 0.400. The second-order valence-corrected chi connectivity index (χ2v) is 5.21. The maximum atomic E-state index is 14.3. The van der Waals surface area contributed by atoms with E-state index in [1.165, 1.54) is 25.4 Å². The molecule has 0 saturated carbocycles. The van der Waals surface area contributed by atoms with E-state index in [2.05, 4.69) is 5.10 Å². The summed E-state index contributed by atoms with van der Waals surface area (Å²) in [7, 11) is 1.47. The molecular formula is C15H19F2N3O. The molecule has 0 aliphatic heterocycles. The van der Waals surface area contributed by atoms with E-state index < -0.39 is 17.7 Å². The van der Waals surface area contributed by atoms with Crippen LogP contribution >= 0.6 is 0 Å². The number of rotatable bonds is 4. The lowest BCUT2D eigenvalue weighted by Gasteiger charge is -2.20. The van der Waals surface area contributed by atoms with Gasteiger partial charge in [0.25, 0.3) is 0 Å². The van der Waals surface area contributed by atoms with Crippen LogP contribution in [-0.2, 0) is 0 Å². The van der Waals surface area contributed by atoms with Crippen molar-refractivity contribution in [3.05, 3.63) is 46.8 Å². The Kier molecular flexibility index (Phi) is 4.27. The number of hydrogen-bond donors (Lipinski definition) is 1. The van der Waals surface area contributed by atoms with E-state index in [0.29, 0.717) is 17.0 Å². The highest BCUT2D eigenvalue weighted by Gasteiger charge is 2.27. The van der Waals surface area contributed by atoms with Gasteiger partial charge in [0, 0.05) is 11.6 Å². The van der Waals surface area contributed by atoms with Gasteiger partial charge < -0.3 is 10.5 Å². The Balaban J connectivity index is 2.62. The Labute approximate surface area is 122 Å². The van der Waals surface area contributed by atoms with Gasteiger partial charge in [0.15, 0.2) is 5.75 Å². The molecule has 1 unspecified atom stereocenters. The summed E-state index contributed by atoms with van der Waals surface area (Å²) < 4.78 is 35.2. The van der Waals surface area contributed by atoms with E-state index in [9.17, 15) is 8.78 Å². The highest BCUT2D eigenvalue weighted by Crippen LogP contribution is 2.33. The Morgan fingerprint density at radius 1 is 1.29 bits per heavy atom.